The number of halogens is 1. The molecule has 3 aromatic carbocycles. The highest BCUT2D eigenvalue weighted by molar-refractivity contribution is 7.90. The maximum atomic E-state index is 14.0. The van der Waals surface area contributed by atoms with Gasteiger partial charge in [-0.3, -0.25) is 9.69 Å². The van der Waals surface area contributed by atoms with Crippen LogP contribution in [-0.2, 0) is 10.0 Å². The molecule has 5 aromatic rings. The Balaban J connectivity index is 0.968. The summed E-state index contributed by atoms with van der Waals surface area (Å²) in [4.78, 5) is 26.3. The zero-order valence-corrected chi connectivity index (χ0v) is 37.8. The fourth-order valence-electron chi connectivity index (χ4n) is 9.24. The van der Waals surface area contributed by atoms with Gasteiger partial charge in [0.25, 0.3) is 15.9 Å². The van der Waals surface area contributed by atoms with Crippen molar-refractivity contribution in [3.63, 3.8) is 0 Å². The highest BCUT2D eigenvalue weighted by Crippen LogP contribution is 2.44. The van der Waals surface area contributed by atoms with E-state index in [9.17, 15) is 18.3 Å². The molecule has 8 rings (SSSR count). The minimum atomic E-state index is -4.24. The predicted molar refractivity (Wildman–Crippen MR) is 249 cm³/mol. The number of aliphatic hydroxyl groups is 1. The molecule has 0 unspecified atom stereocenters. The smallest absolute Gasteiger partial charge is 0.268 e. The minimum Gasteiger partial charge on any atom is -0.455 e. The molecule has 3 heterocycles. The SMILES string of the molecule is CC[C@]1(O)CC[C@H](CNc2ccc(S(=O)(=O)NC(=O)c3ccc(N4CCN(CC5=C(c6ccc(Cl)cc6)CC(C)(C)CC5)CC4)cc3Oc3cnc4[nH]ccc4c3)cc2C)CC1. The van der Waals surface area contributed by atoms with Crippen LogP contribution in [0.5, 0.6) is 11.5 Å². The fourth-order valence-corrected chi connectivity index (χ4v) is 10.4. The molecule has 13 heteroatoms. The molecule has 2 aliphatic carbocycles. The standard InChI is InChI=1S/C49H59ClN6O5S/c1-5-49(58)19-14-34(15-20-49)30-52-44-13-11-41(26-33(44)2)62(59,60)54-47(57)42-12-10-39(28-45(42)61-40-27-36-17-21-51-46(36)53-31-40)56-24-22-55(23-25-56)32-37-16-18-48(3,4)29-43(37)35-6-8-38(50)9-7-35/h6-13,17,21,26-28,31,34,52,58H,5,14-16,18-20,22-25,29-30,32H2,1-4H3,(H,51,53)(H,54,57)/t34-,49-. The average Bonchev–Trinajstić information content (AvgIpc) is 3.73. The summed E-state index contributed by atoms with van der Waals surface area (Å²) in [5, 5.41) is 15.7. The van der Waals surface area contributed by atoms with Crippen molar-refractivity contribution < 1.29 is 23.1 Å². The lowest BCUT2D eigenvalue weighted by atomic mass is 9.72. The number of carbonyl (C=O) groups excluding carboxylic acids is 1. The summed E-state index contributed by atoms with van der Waals surface area (Å²) in [6.07, 6.45) is 10.9. The number of piperazine rings is 1. The maximum absolute atomic E-state index is 14.0. The number of aromatic amines is 1. The number of rotatable bonds is 13. The van der Waals surface area contributed by atoms with Gasteiger partial charge in [-0.25, -0.2) is 18.1 Å². The number of sulfonamides is 1. The molecular formula is C49H59ClN6O5S. The van der Waals surface area contributed by atoms with E-state index in [0.29, 0.717) is 17.3 Å². The summed E-state index contributed by atoms with van der Waals surface area (Å²) in [6, 6.07) is 22.1. The first-order chi connectivity index (χ1) is 29.7. The van der Waals surface area contributed by atoms with Gasteiger partial charge < -0.3 is 25.0 Å². The Hall–Kier alpha value is -4.88. The molecule has 0 bridgehead atoms. The Labute approximate surface area is 371 Å². The summed E-state index contributed by atoms with van der Waals surface area (Å²) in [5.74, 6) is 0.290. The molecule has 0 radical (unpaired) electrons. The molecule has 0 spiro atoms. The van der Waals surface area contributed by atoms with E-state index in [0.717, 1.165) is 118 Å². The van der Waals surface area contributed by atoms with Crippen molar-refractivity contribution in [2.75, 3.05) is 49.5 Å². The molecule has 1 saturated heterocycles. The van der Waals surface area contributed by atoms with Crippen LogP contribution < -0.4 is 19.7 Å². The van der Waals surface area contributed by atoms with Gasteiger partial charge in [0, 0.05) is 73.3 Å². The van der Waals surface area contributed by atoms with E-state index in [1.54, 1.807) is 30.6 Å². The van der Waals surface area contributed by atoms with Gasteiger partial charge in [0.2, 0.25) is 0 Å². The van der Waals surface area contributed by atoms with Crippen molar-refractivity contribution in [1.29, 1.82) is 0 Å². The number of fused-ring (bicyclic) bond motifs is 1. The Kier molecular flexibility index (Phi) is 12.8. The third-order valence-corrected chi connectivity index (χ3v) is 14.9. The number of hydrogen-bond acceptors (Lipinski definition) is 9. The molecule has 0 atom stereocenters. The van der Waals surface area contributed by atoms with Crippen LogP contribution in [0.15, 0.2) is 95.7 Å². The van der Waals surface area contributed by atoms with Gasteiger partial charge in [-0.15, -0.1) is 0 Å². The quantitative estimate of drug-likeness (QED) is 0.0910. The normalized spacial score (nSPS) is 20.9. The Morgan fingerprint density at radius 3 is 2.47 bits per heavy atom. The van der Waals surface area contributed by atoms with Crippen LogP contribution in [0.4, 0.5) is 11.4 Å². The fraction of sp³-hybridized carbons (Fsp3) is 0.429. The van der Waals surface area contributed by atoms with Crippen molar-refractivity contribution in [3.05, 3.63) is 112 Å². The van der Waals surface area contributed by atoms with Crippen LogP contribution >= 0.6 is 11.6 Å². The summed E-state index contributed by atoms with van der Waals surface area (Å²) in [5.41, 5.74) is 7.14. The molecule has 62 heavy (non-hydrogen) atoms. The number of ether oxygens (including phenoxy) is 1. The number of amides is 1. The van der Waals surface area contributed by atoms with Gasteiger partial charge in [0.1, 0.15) is 17.1 Å². The number of nitrogens with one attached hydrogen (secondary N) is 3. The van der Waals surface area contributed by atoms with Crippen LogP contribution in [0.3, 0.4) is 0 Å². The van der Waals surface area contributed by atoms with E-state index in [2.05, 4.69) is 55.8 Å². The topological polar surface area (TPSA) is 140 Å². The van der Waals surface area contributed by atoms with Crippen molar-refractivity contribution in [1.82, 2.24) is 19.6 Å². The molecule has 2 aromatic heterocycles. The third kappa shape index (κ3) is 10.1. The largest absolute Gasteiger partial charge is 0.455 e. The lowest BCUT2D eigenvalue weighted by Crippen LogP contribution is -2.47. The van der Waals surface area contributed by atoms with Gasteiger partial charge in [-0.05, 0) is 141 Å². The van der Waals surface area contributed by atoms with Gasteiger partial charge >= 0.3 is 0 Å². The molecule has 4 N–H and O–H groups in total. The monoisotopic (exact) mass is 878 g/mol. The number of carbonyl (C=O) groups is 1. The number of benzene rings is 3. The maximum Gasteiger partial charge on any atom is 0.268 e. The van der Waals surface area contributed by atoms with E-state index in [4.69, 9.17) is 16.3 Å². The Morgan fingerprint density at radius 1 is 0.984 bits per heavy atom. The molecule has 1 aliphatic heterocycles. The molecule has 2 fully saturated rings. The van der Waals surface area contributed by atoms with Crippen LogP contribution in [0.2, 0.25) is 5.02 Å². The van der Waals surface area contributed by atoms with Crippen molar-refractivity contribution in [2.45, 2.75) is 89.6 Å². The first-order valence-corrected chi connectivity index (χ1v) is 23.9. The number of nitrogens with zero attached hydrogens (tertiary/aromatic N) is 3. The molecule has 328 valence electrons. The third-order valence-electron chi connectivity index (χ3n) is 13.4. The second kappa shape index (κ2) is 18.1. The summed E-state index contributed by atoms with van der Waals surface area (Å²) >= 11 is 6.25. The highest BCUT2D eigenvalue weighted by Gasteiger charge is 2.32. The summed E-state index contributed by atoms with van der Waals surface area (Å²) < 4.78 is 36.2. The Morgan fingerprint density at radius 2 is 1.74 bits per heavy atom. The molecule has 3 aliphatic rings. The lowest BCUT2D eigenvalue weighted by Gasteiger charge is -2.39. The number of hydrogen-bond donors (Lipinski definition) is 4. The Bertz CT molecular complexity index is 2560. The second-order valence-corrected chi connectivity index (χ2v) is 20.5. The number of anilines is 2. The molecular weight excluding hydrogens is 820 g/mol. The van der Waals surface area contributed by atoms with Crippen LogP contribution in [0.1, 0.15) is 93.6 Å². The molecule has 1 saturated carbocycles. The van der Waals surface area contributed by atoms with Crippen molar-refractivity contribution in [3.8, 4) is 11.5 Å². The predicted octanol–water partition coefficient (Wildman–Crippen LogP) is 9.96. The zero-order chi connectivity index (χ0) is 43.6. The first kappa shape index (κ1) is 43.8. The second-order valence-electron chi connectivity index (χ2n) is 18.4. The van der Waals surface area contributed by atoms with Crippen LogP contribution in [-0.4, -0.2) is 79.2 Å². The van der Waals surface area contributed by atoms with Crippen LogP contribution in [0, 0.1) is 18.3 Å². The van der Waals surface area contributed by atoms with Crippen molar-refractivity contribution >= 4 is 55.5 Å². The molecule has 1 amide bonds. The van der Waals surface area contributed by atoms with Crippen molar-refractivity contribution in [2.24, 2.45) is 11.3 Å². The first-order valence-electron chi connectivity index (χ1n) is 22.0. The van der Waals surface area contributed by atoms with E-state index in [1.165, 1.54) is 22.8 Å². The van der Waals surface area contributed by atoms with Gasteiger partial charge in [-0.1, -0.05) is 50.1 Å². The van der Waals surface area contributed by atoms with Gasteiger partial charge in [-0.2, -0.15) is 0 Å². The lowest BCUT2D eigenvalue weighted by molar-refractivity contribution is -0.0109. The zero-order valence-electron chi connectivity index (χ0n) is 36.3. The number of H-pyrrole nitrogens is 1. The van der Waals surface area contributed by atoms with E-state index >= 15 is 0 Å². The van der Waals surface area contributed by atoms with Gasteiger partial charge in [0.05, 0.1) is 22.3 Å². The summed E-state index contributed by atoms with van der Waals surface area (Å²) in [7, 11) is -4.24. The summed E-state index contributed by atoms with van der Waals surface area (Å²) in [6.45, 7) is 13.5. The average molecular weight is 880 g/mol. The minimum absolute atomic E-state index is 0.00775. The van der Waals surface area contributed by atoms with E-state index in [1.807, 2.05) is 50.2 Å². The highest BCUT2D eigenvalue weighted by atomic mass is 35.5. The van der Waals surface area contributed by atoms with Gasteiger partial charge in [0.15, 0.2) is 0 Å². The van der Waals surface area contributed by atoms with E-state index < -0.39 is 21.5 Å². The molecule has 11 nitrogen and oxygen atoms in total. The van der Waals surface area contributed by atoms with Crippen LogP contribution in [0.25, 0.3) is 16.6 Å². The number of aryl methyl sites for hydroxylation is 1. The number of aromatic nitrogens is 2. The number of pyridine rings is 1. The van der Waals surface area contributed by atoms with E-state index in [-0.39, 0.29) is 21.6 Å². The number of allylic oxidation sites excluding steroid dienone is 1.